The fourth-order valence-electron chi connectivity index (χ4n) is 1.84. The van der Waals surface area contributed by atoms with E-state index in [9.17, 15) is 4.79 Å². The maximum atomic E-state index is 11.4. The van der Waals surface area contributed by atoms with E-state index in [1.54, 1.807) is 0 Å². The van der Waals surface area contributed by atoms with Gasteiger partial charge in [-0.15, -0.1) is 0 Å². The smallest absolute Gasteiger partial charge is 0.317 e. The fourth-order valence-corrected chi connectivity index (χ4v) is 1.84. The van der Waals surface area contributed by atoms with E-state index in [-0.39, 0.29) is 6.03 Å². The molecule has 1 unspecified atom stereocenters. The minimum atomic E-state index is 0.0732. The van der Waals surface area contributed by atoms with Crippen molar-refractivity contribution in [1.29, 1.82) is 0 Å². The highest BCUT2D eigenvalue weighted by atomic mass is 16.2. The van der Waals surface area contributed by atoms with E-state index >= 15 is 0 Å². The van der Waals surface area contributed by atoms with E-state index in [2.05, 4.69) is 19.2 Å². The van der Waals surface area contributed by atoms with Crippen molar-refractivity contribution in [3.8, 4) is 0 Å². The van der Waals surface area contributed by atoms with Crippen molar-refractivity contribution in [2.45, 2.75) is 32.7 Å². The molecule has 0 aromatic rings. The lowest BCUT2D eigenvalue weighted by Crippen LogP contribution is -2.30. The Balaban J connectivity index is 2.31. The van der Waals surface area contributed by atoms with E-state index in [0.29, 0.717) is 18.5 Å². The molecule has 4 heteroatoms. The van der Waals surface area contributed by atoms with E-state index in [0.717, 1.165) is 25.9 Å². The van der Waals surface area contributed by atoms with Crippen LogP contribution >= 0.6 is 0 Å². The zero-order valence-corrected chi connectivity index (χ0v) is 9.12. The Kier molecular flexibility index (Phi) is 4.20. The number of rotatable bonds is 5. The van der Waals surface area contributed by atoms with Crippen molar-refractivity contribution in [2.75, 3.05) is 19.6 Å². The van der Waals surface area contributed by atoms with Gasteiger partial charge in [-0.2, -0.15) is 0 Å². The Bertz CT molecular complexity index is 194. The molecule has 0 aromatic carbocycles. The first-order chi connectivity index (χ1) is 6.63. The summed E-state index contributed by atoms with van der Waals surface area (Å²) in [6, 6.07) is 0.407. The molecule has 82 valence electrons. The van der Waals surface area contributed by atoms with Crippen LogP contribution in [0.3, 0.4) is 0 Å². The van der Waals surface area contributed by atoms with Crippen LogP contribution in [0.4, 0.5) is 4.79 Å². The summed E-state index contributed by atoms with van der Waals surface area (Å²) < 4.78 is 0. The van der Waals surface area contributed by atoms with Crippen LogP contribution in [-0.4, -0.2) is 36.6 Å². The topological polar surface area (TPSA) is 58.4 Å². The van der Waals surface area contributed by atoms with Gasteiger partial charge in [0.15, 0.2) is 0 Å². The van der Waals surface area contributed by atoms with Crippen LogP contribution in [0.25, 0.3) is 0 Å². The quantitative estimate of drug-likeness (QED) is 0.687. The maximum absolute atomic E-state index is 11.4. The second-order valence-electron chi connectivity index (χ2n) is 4.36. The molecule has 1 heterocycles. The van der Waals surface area contributed by atoms with Crippen LogP contribution in [0, 0.1) is 5.92 Å². The number of nitrogens with two attached hydrogens (primary N) is 1. The summed E-state index contributed by atoms with van der Waals surface area (Å²) in [4.78, 5) is 13.3. The summed E-state index contributed by atoms with van der Waals surface area (Å²) in [6.45, 7) is 6.63. The van der Waals surface area contributed by atoms with Gasteiger partial charge in [0.25, 0.3) is 0 Å². The largest absolute Gasteiger partial charge is 0.333 e. The first-order valence-electron chi connectivity index (χ1n) is 5.39. The van der Waals surface area contributed by atoms with Crippen LogP contribution in [0.5, 0.6) is 0 Å². The number of carbonyl (C=O) groups is 1. The second kappa shape index (κ2) is 5.20. The summed E-state index contributed by atoms with van der Waals surface area (Å²) in [5, 5.41) is 2.99. The Hall–Kier alpha value is -0.770. The van der Waals surface area contributed by atoms with Crippen molar-refractivity contribution in [2.24, 2.45) is 11.7 Å². The molecule has 3 N–H and O–H groups in total. The molecule has 1 aliphatic heterocycles. The van der Waals surface area contributed by atoms with Gasteiger partial charge in [-0.1, -0.05) is 13.8 Å². The van der Waals surface area contributed by atoms with Crippen LogP contribution in [-0.2, 0) is 0 Å². The summed E-state index contributed by atoms with van der Waals surface area (Å²) >= 11 is 0. The lowest BCUT2D eigenvalue weighted by molar-refractivity contribution is 0.217. The molecule has 1 aliphatic rings. The molecule has 14 heavy (non-hydrogen) atoms. The average Bonchev–Trinajstić information content (AvgIpc) is 2.41. The summed E-state index contributed by atoms with van der Waals surface area (Å²) in [7, 11) is 0. The van der Waals surface area contributed by atoms with Gasteiger partial charge in [0.05, 0.1) is 0 Å². The van der Waals surface area contributed by atoms with E-state index in [1.807, 2.05) is 4.90 Å². The SMILES string of the molecule is CC(C)CC1CN(CCCN)C(=O)N1. The van der Waals surface area contributed by atoms with Crippen LogP contribution < -0.4 is 11.1 Å². The molecule has 0 saturated carbocycles. The van der Waals surface area contributed by atoms with Crippen molar-refractivity contribution >= 4 is 6.03 Å². The van der Waals surface area contributed by atoms with Crippen LogP contribution in [0.15, 0.2) is 0 Å². The molecular formula is C10H21N3O. The molecule has 0 aliphatic carbocycles. The third kappa shape index (κ3) is 3.18. The monoisotopic (exact) mass is 199 g/mol. The predicted molar refractivity (Wildman–Crippen MR) is 57.0 cm³/mol. The number of urea groups is 1. The van der Waals surface area contributed by atoms with Gasteiger partial charge in [0.2, 0.25) is 0 Å². The summed E-state index contributed by atoms with van der Waals surface area (Å²) in [6.07, 6.45) is 1.95. The Labute approximate surface area is 85.8 Å². The minimum absolute atomic E-state index is 0.0732. The van der Waals surface area contributed by atoms with Crippen molar-refractivity contribution in [1.82, 2.24) is 10.2 Å². The van der Waals surface area contributed by atoms with Crippen molar-refractivity contribution in [3.63, 3.8) is 0 Å². The van der Waals surface area contributed by atoms with E-state index < -0.39 is 0 Å². The van der Waals surface area contributed by atoms with Gasteiger partial charge >= 0.3 is 6.03 Å². The standard InChI is InChI=1S/C10H21N3O/c1-8(2)6-9-7-13(5-3-4-11)10(14)12-9/h8-9H,3-7,11H2,1-2H3,(H,12,14). The van der Waals surface area contributed by atoms with Gasteiger partial charge in [-0.05, 0) is 25.3 Å². The predicted octanol–water partition coefficient (Wildman–Crippen LogP) is 0.775. The first-order valence-corrected chi connectivity index (χ1v) is 5.39. The highest BCUT2D eigenvalue weighted by Gasteiger charge is 2.27. The summed E-state index contributed by atoms with van der Waals surface area (Å²) in [5.74, 6) is 0.634. The second-order valence-corrected chi connectivity index (χ2v) is 4.36. The molecule has 0 bridgehead atoms. The minimum Gasteiger partial charge on any atom is -0.333 e. The van der Waals surface area contributed by atoms with Crippen molar-refractivity contribution < 1.29 is 4.79 Å². The van der Waals surface area contributed by atoms with Crippen LogP contribution in [0.1, 0.15) is 26.7 Å². The molecule has 0 aromatic heterocycles. The van der Waals surface area contributed by atoms with Gasteiger partial charge in [-0.25, -0.2) is 4.79 Å². The van der Waals surface area contributed by atoms with Gasteiger partial charge in [0, 0.05) is 19.1 Å². The van der Waals surface area contributed by atoms with E-state index in [4.69, 9.17) is 5.73 Å². The van der Waals surface area contributed by atoms with E-state index in [1.165, 1.54) is 0 Å². The molecule has 1 atom stereocenters. The number of carbonyl (C=O) groups excluding carboxylic acids is 1. The molecule has 1 fully saturated rings. The molecule has 1 rings (SSSR count). The highest BCUT2D eigenvalue weighted by Crippen LogP contribution is 2.12. The Morgan fingerprint density at radius 3 is 2.93 bits per heavy atom. The lowest BCUT2D eigenvalue weighted by Gasteiger charge is -2.14. The fraction of sp³-hybridized carbons (Fsp3) is 0.900. The third-order valence-corrected chi connectivity index (χ3v) is 2.44. The number of nitrogens with one attached hydrogen (secondary N) is 1. The molecule has 0 spiro atoms. The van der Waals surface area contributed by atoms with Gasteiger partial charge in [0.1, 0.15) is 0 Å². The Morgan fingerprint density at radius 2 is 2.36 bits per heavy atom. The number of hydrogen-bond acceptors (Lipinski definition) is 2. The van der Waals surface area contributed by atoms with Gasteiger partial charge in [-0.3, -0.25) is 0 Å². The number of amides is 2. The number of hydrogen-bond donors (Lipinski definition) is 2. The molecule has 2 amide bonds. The Morgan fingerprint density at radius 1 is 1.64 bits per heavy atom. The zero-order valence-electron chi connectivity index (χ0n) is 9.12. The maximum Gasteiger partial charge on any atom is 0.317 e. The highest BCUT2D eigenvalue weighted by molar-refractivity contribution is 5.76. The van der Waals surface area contributed by atoms with Gasteiger partial charge < -0.3 is 16.0 Å². The van der Waals surface area contributed by atoms with Crippen molar-refractivity contribution in [3.05, 3.63) is 0 Å². The first kappa shape index (κ1) is 11.3. The molecule has 4 nitrogen and oxygen atoms in total. The zero-order chi connectivity index (χ0) is 10.6. The molecular weight excluding hydrogens is 178 g/mol. The number of nitrogens with zero attached hydrogens (tertiary/aromatic N) is 1. The molecule has 1 saturated heterocycles. The third-order valence-electron chi connectivity index (χ3n) is 2.44. The normalized spacial score (nSPS) is 21.9. The molecule has 0 radical (unpaired) electrons. The lowest BCUT2D eigenvalue weighted by atomic mass is 10.0. The summed E-state index contributed by atoms with van der Waals surface area (Å²) in [5.41, 5.74) is 5.41. The van der Waals surface area contributed by atoms with Crippen LogP contribution in [0.2, 0.25) is 0 Å². The average molecular weight is 199 g/mol.